The van der Waals surface area contributed by atoms with Crippen molar-refractivity contribution in [2.24, 2.45) is 0 Å². The molecule has 1 atom stereocenters. The third-order valence-electron chi connectivity index (χ3n) is 3.98. The Morgan fingerprint density at radius 1 is 1.06 bits per heavy atom. The molecule has 0 saturated carbocycles. The van der Waals surface area contributed by atoms with Crippen molar-refractivity contribution >= 4 is 5.69 Å². The second-order valence-electron chi connectivity index (χ2n) is 5.85. The molecule has 0 bridgehead atoms. The number of nitrogens with zero attached hydrogens (tertiary/aromatic N) is 1. The molecule has 0 aromatic heterocycles. The van der Waals surface area contributed by atoms with Gasteiger partial charge in [-0.1, -0.05) is 17.7 Å². The highest BCUT2D eigenvalue weighted by Crippen LogP contribution is 2.25. The fraction of sp³-hybridized carbons (Fsp3) is 0.625. The summed E-state index contributed by atoms with van der Waals surface area (Å²) in [4.78, 5) is 2.44. The van der Waals surface area contributed by atoms with Gasteiger partial charge in [0.2, 0.25) is 0 Å². The summed E-state index contributed by atoms with van der Waals surface area (Å²) in [5.74, 6) is 0. The van der Waals surface area contributed by atoms with Crippen LogP contribution in [-0.2, 0) is 0 Å². The topological polar surface area (TPSA) is 15.3 Å². The van der Waals surface area contributed by atoms with Crippen LogP contribution in [0.4, 0.5) is 5.69 Å². The number of likely N-dealkylation sites (tertiary alicyclic amines) is 1. The number of hydrogen-bond acceptors (Lipinski definition) is 2. The minimum absolute atomic E-state index is 0.634. The van der Waals surface area contributed by atoms with E-state index in [0.717, 1.165) is 0 Å². The molecule has 1 fully saturated rings. The van der Waals surface area contributed by atoms with Crippen LogP contribution in [0, 0.1) is 20.8 Å². The molecule has 1 heterocycles. The molecule has 1 saturated heterocycles. The molecule has 2 rings (SSSR count). The van der Waals surface area contributed by atoms with Crippen LogP contribution in [0.25, 0.3) is 0 Å². The highest BCUT2D eigenvalue weighted by Gasteiger charge is 2.16. The lowest BCUT2D eigenvalue weighted by atomic mass is 10.0. The molecule has 1 unspecified atom stereocenters. The molecule has 0 spiro atoms. The molecule has 1 aliphatic rings. The number of rotatable bonds is 2. The summed E-state index contributed by atoms with van der Waals surface area (Å²) in [6.45, 7) is 9.05. The fourth-order valence-electron chi connectivity index (χ4n) is 3.00. The summed E-state index contributed by atoms with van der Waals surface area (Å²) < 4.78 is 0. The van der Waals surface area contributed by atoms with Gasteiger partial charge in [-0.15, -0.1) is 0 Å². The third-order valence-corrected chi connectivity index (χ3v) is 3.98. The van der Waals surface area contributed by atoms with Gasteiger partial charge in [-0.2, -0.15) is 0 Å². The lowest BCUT2D eigenvalue weighted by Gasteiger charge is -2.21. The summed E-state index contributed by atoms with van der Waals surface area (Å²) in [5, 5.41) is 3.78. The van der Waals surface area contributed by atoms with Crippen LogP contribution in [0.15, 0.2) is 12.1 Å². The van der Waals surface area contributed by atoms with Crippen LogP contribution < -0.4 is 5.32 Å². The van der Waals surface area contributed by atoms with E-state index in [1.54, 1.807) is 0 Å². The van der Waals surface area contributed by atoms with Gasteiger partial charge >= 0.3 is 0 Å². The van der Waals surface area contributed by atoms with E-state index >= 15 is 0 Å². The standard InChI is InChI=1S/C16H26N2/c1-12-10-13(2)16(14(3)11-12)17-15-6-5-8-18(4)9-7-15/h10-11,15,17H,5-9H2,1-4H3. The van der Waals surface area contributed by atoms with Crippen LogP contribution in [0.2, 0.25) is 0 Å². The first-order valence-corrected chi connectivity index (χ1v) is 7.09. The number of aryl methyl sites for hydroxylation is 3. The van der Waals surface area contributed by atoms with Crippen LogP contribution in [0.5, 0.6) is 0 Å². The van der Waals surface area contributed by atoms with Gasteiger partial charge < -0.3 is 10.2 Å². The van der Waals surface area contributed by atoms with E-state index in [0.29, 0.717) is 6.04 Å². The van der Waals surface area contributed by atoms with E-state index in [9.17, 15) is 0 Å². The largest absolute Gasteiger partial charge is 0.382 e. The molecule has 1 aromatic carbocycles. The first-order valence-electron chi connectivity index (χ1n) is 7.09. The van der Waals surface area contributed by atoms with E-state index in [2.05, 4.69) is 50.2 Å². The van der Waals surface area contributed by atoms with Crippen molar-refractivity contribution in [2.75, 3.05) is 25.5 Å². The molecule has 100 valence electrons. The molecule has 2 heteroatoms. The van der Waals surface area contributed by atoms with Gasteiger partial charge in [0.15, 0.2) is 0 Å². The van der Waals surface area contributed by atoms with Crippen molar-refractivity contribution in [1.82, 2.24) is 4.90 Å². The van der Waals surface area contributed by atoms with Crippen molar-refractivity contribution in [2.45, 2.75) is 46.1 Å². The summed E-state index contributed by atoms with van der Waals surface area (Å²) in [7, 11) is 2.23. The zero-order valence-corrected chi connectivity index (χ0v) is 12.2. The second-order valence-corrected chi connectivity index (χ2v) is 5.85. The molecular weight excluding hydrogens is 220 g/mol. The Hall–Kier alpha value is -1.02. The van der Waals surface area contributed by atoms with E-state index in [1.807, 2.05) is 0 Å². The van der Waals surface area contributed by atoms with Gasteiger partial charge in [-0.05, 0) is 71.3 Å². The second kappa shape index (κ2) is 5.75. The average Bonchev–Trinajstić information content (AvgIpc) is 2.48. The van der Waals surface area contributed by atoms with Crippen LogP contribution in [0.1, 0.15) is 36.0 Å². The van der Waals surface area contributed by atoms with E-state index in [-0.39, 0.29) is 0 Å². The summed E-state index contributed by atoms with van der Waals surface area (Å²) >= 11 is 0. The minimum atomic E-state index is 0.634. The minimum Gasteiger partial charge on any atom is -0.382 e. The first-order chi connectivity index (χ1) is 8.56. The highest BCUT2D eigenvalue weighted by molar-refractivity contribution is 5.58. The normalized spacial score (nSPS) is 21.7. The molecule has 18 heavy (non-hydrogen) atoms. The predicted molar refractivity (Wildman–Crippen MR) is 79.4 cm³/mol. The number of hydrogen-bond donors (Lipinski definition) is 1. The van der Waals surface area contributed by atoms with Gasteiger partial charge in [0.25, 0.3) is 0 Å². The summed E-state index contributed by atoms with van der Waals surface area (Å²) in [5.41, 5.74) is 5.47. The number of anilines is 1. The zero-order chi connectivity index (χ0) is 13.1. The fourth-order valence-corrected chi connectivity index (χ4v) is 3.00. The Morgan fingerprint density at radius 2 is 1.72 bits per heavy atom. The molecule has 0 aliphatic carbocycles. The Morgan fingerprint density at radius 3 is 2.39 bits per heavy atom. The smallest absolute Gasteiger partial charge is 0.0401 e. The molecule has 0 amide bonds. The Kier molecular flexibility index (Phi) is 4.28. The zero-order valence-electron chi connectivity index (χ0n) is 12.2. The highest BCUT2D eigenvalue weighted by atomic mass is 15.1. The molecule has 2 nitrogen and oxygen atoms in total. The lowest BCUT2D eigenvalue weighted by molar-refractivity contribution is 0.348. The molecule has 1 N–H and O–H groups in total. The van der Waals surface area contributed by atoms with Crippen molar-refractivity contribution in [1.29, 1.82) is 0 Å². The molecular formula is C16H26N2. The van der Waals surface area contributed by atoms with Gasteiger partial charge in [-0.3, -0.25) is 0 Å². The van der Waals surface area contributed by atoms with E-state index in [1.165, 1.54) is 54.7 Å². The summed E-state index contributed by atoms with van der Waals surface area (Å²) in [6.07, 6.45) is 3.85. The maximum atomic E-state index is 3.78. The van der Waals surface area contributed by atoms with Gasteiger partial charge in [0, 0.05) is 11.7 Å². The van der Waals surface area contributed by atoms with Crippen molar-refractivity contribution in [3.63, 3.8) is 0 Å². The third kappa shape index (κ3) is 3.26. The van der Waals surface area contributed by atoms with Crippen LogP contribution >= 0.6 is 0 Å². The van der Waals surface area contributed by atoms with Gasteiger partial charge in [0.05, 0.1) is 0 Å². The van der Waals surface area contributed by atoms with Crippen molar-refractivity contribution in [3.8, 4) is 0 Å². The van der Waals surface area contributed by atoms with Gasteiger partial charge in [-0.25, -0.2) is 0 Å². The van der Waals surface area contributed by atoms with Crippen molar-refractivity contribution in [3.05, 3.63) is 28.8 Å². The Bertz CT molecular complexity index is 389. The molecule has 1 aliphatic heterocycles. The van der Waals surface area contributed by atoms with E-state index in [4.69, 9.17) is 0 Å². The van der Waals surface area contributed by atoms with E-state index < -0.39 is 0 Å². The van der Waals surface area contributed by atoms with Gasteiger partial charge in [0.1, 0.15) is 0 Å². The van der Waals surface area contributed by atoms with Crippen molar-refractivity contribution < 1.29 is 0 Å². The SMILES string of the molecule is Cc1cc(C)c(NC2CCCN(C)CC2)c(C)c1. The lowest BCUT2D eigenvalue weighted by Crippen LogP contribution is -2.23. The molecule has 1 aromatic rings. The maximum absolute atomic E-state index is 3.78. The van der Waals surface area contributed by atoms with Crippen LogP contribution in [-0.4, -0.2) is 31.1 Å². The molecule has 0 radical (unpaired) electrons. The quantitative estimate of drug-likeness (QED) is 0.859. The average molecular weight is 246 g/mol. The maximum Gasteiger partial charge on any atom is 0.0401 e. The number of benzene rings is 1. The predicted octanol–water partition coefficient (Wildman–Crippen LogP) is 3.51. The Labute approximate surface area is 111 Å². The summed E-state index contributed by atoms with van der Waals surface area (Å²) in [6, 6.07) is 5.19. The number of nitrogens with one attached hydrogen (secondary N) is 1. The monoisotopic (exact) mass is 246 g/mol. The van der Waals surface area contributed by atoms with Crippen LogP contribution in [0.3, 0.4) is 0 Å². The Balaban J connectivity index is 2.09. The first kappa shape index (κ1) is 13.4.